The summed E-state index contributed by atoms with van der Waals surface area (Å²) in [7, 11) is 1.55. The van der Waals surface area contributed by atoms with E-state index in [1.165, 1.54) is 0 Å². The average molecular weight is 261 g/mol. The summed E-state index contributed by atoms with van der Waals surface area (Å²) in [4.78, 5) is 0. The molecule has 0 heterocycles. The predicted molar refractivity (Wildman–Crippen MR) is 55.4 cm³/mol. The Morgan fingerprint density at radius 3 is 2.77 bits per heavy atom. The molecule has 0 amide bonds. The Morgan fingerprint density at radius 2 is 2.31 bits per heavy atom. The molecule has 4 heteroatoms. The smallest absolute Gasteiger partial charge is 0.125 e. The monoisotopic (exact) mass is 259 g/mol. The maximum Gasteiger partial charge on any atom is 0.125 e. The summed E-state index contributed by atoms with van der Waals surface area (Å²) in [6.45, 7) is 0. The van der Waals surface area contributed by atoms with E-state index < -0.39 is 0 Å². The molecule has 0 atom stereocenters. The molecule has 1 aromatic carbocycles. The number of rotatable bonds is 2. The Balaban J connectivity index is 3.36. The quantitative estimate of drug-likeness (QED) is 0.766. The van der Waals surface area contributed by atoms with E-state index in [0.29, 0.717) is 21.7 Å². The SMILES string of the molecule is COc1cc(Cl)cc(C#N)c1CBr. The lowest BCUT2D eigenvalue weighted by Crippen LogP contribution is -1.93. The van der Waals surface area contributed by atoms with Crippen LogP contribution < -0.4 is 4.74 Å². The summed E-state index contributed by atoms with van der Waals surface area (Å²) in [6.07, 6.45) is 0. The molecule has 0 aliphatic carbocycles. The van der Waals surface area contributed by atoms with Crippen LogP contribution in [0.1, 0.15) is 11.1 Å². The zero-order valence-electron chi connectivity index (χ0n) is 6.97. The number of ether oxygens (including phenoxy) is 1. The van der Waals surface area contributed by atoms with Gasteiger partial charge in [-0.3, -0.25) is 0 Å². The number of nitriles is 1. The second-order valence-electron chi connectivity index (χ2n) is 2.38. The predicted octanol–water partition coefficient (Wildman–Crippen LogP) is 3.12. The van der Waals surface area contributed by atoms with E-state index in [4.69, 9.17) is 21.6 Å². The van der Waals surface area contributed by atoms with Crippen molar-refractivity contribution in [3.63, 3.8) is 0 Å². The van der Waals surface area contributed by atoms with Crippen molar-refractivity contribution in [3.05, 3.63) is 28.3 Å². The summed E-state index contributed by atoms with van der Waals surface area (Å²) in [5.74, 6) is 0.640. The zero-order chi connectivity index (χ0) is 9.84. The number of nitrogens with zero attached hydrogens (tertiary/aromatic N) is 1. The first kappa shape index (κ1) is 10.4. The Labute approximate surface area is 90.2 Å². The van der Waals surface area contributed by atoms with Crippen LogP contribution >= 0.6 is 27.5 Å². The lowest BCUT2D eigenvalue weighted by molar-refractivity contribution is 0.411. The van der Waals surface area contributed by atoms with Crippen LogP contribution in [0, 0.1) is 11.3 Å². The molecular weight excluding hydrogens is 253 g/mol. The molecule has 0 radical (unpaired) electrons. The molecule has 13 heavy (non-hydrogen) atoms. The van der Waals surface area contributed by atoms with Gasteiger partial charge in [0.05, 0.1) is 18.7 Å². The summed E-state index contributed by atoms with van der Waals surface area (Å²) >= 11 is 9.08. The fraction of sp³-hybridized carbons (Fsp3) is 0.222. The molecule has 1 aromatic rings. The molecular formula is C9H7BrClNO. The molecule has 0 aromatic heterocycles. The zero-order valence-corrected chi connectivity index (χ0v) is 9.32. The van der Waals surface area contributed by atoms with E-state index in [-0.39, 0.29) is 0 Å². The number of hydrogen-bond donors (Lipinski definition) is 0. The fourth-order valence-corrected chi connectivity index (χ4v) is 1.82. The normalized spacial score (nSPS) is 9.38. The Bertz CT molecular complexity index is 359. The highest BCUT2D eigenvalue weighted by atomic mass is 79.9. The van der Waals surface area contributed by atoms with Crippen molar-refractivity contribution in [2.75, 3.05) is 7.11 Å². The Hall–Kier alpha value is -0.720. The molecule has 0 unspecified atom stereocenters. The first-order valence-electron chi connectivity index (χ1n) is 3.55. The van der Waals surface area contributed by atoms with Crippen molar-refractivity contribution in [1.82, 2.24) is 0 Å². The van der Waals surface area contributed by atoms with Gasteiger partial charge in [-0.1, -0.05) is 27.5 Å². The maximum absolute atomic E-state index is 8.81. The first-order valence-corrected chi connectivity index (χ1v) is 5.05. The van der Waals surface area contributed by atoms with Crippen LogP contribution in [-0.2, 0) is 5.33 Å². The highest BCUT2D eigenvalue weighted by Gasteiger charge is 2.09. The number of halogens is 2. The first-order chi connectivity index (χ1) is 6.22. The van der Waals surface area contributed by atoms with Crippen LogP contribution in [0.25, 0.3) is 0 Å². The van der Waals surface area contributed by atoms with Gasteiger partial charge in [0.1, 0.15) is 5.75 Å². The minimum absolute atomic E-state index is 0.512. The van der Waals surface area contributed by atoms with Gasteiger partial charge in [0.15, 0.2) is 0 Å². The maximum atomic E-state index is 8.81. The van der Waals surface area contributed by atoms with E-state index in [1.54, 1.807) is 19.2 Å². The molecule has 0 saturated carbocycles. The summed E-state index contributed by atoms with van der Waals surface area (Å²) in [5.41, 5.74) is 1.37. The van der Waals surface area contributed by atoms with E-state index >= 15 is 0 Å². The molecule has 1 rings (SSSR count). The number of alkyl halides is 1. The summed E-state index contributed by atoms with van der Waals surface area (Å²) < 4.78 is 5.09. The third kappa shape index (κ3) is 2.15. The van der Waals surface area contributed by atoms with E-state index in [2.05, 4.69) is 22.0 Å². The molecule has 0 fully saturated rings. The van der Waals surface area contributed by atoms with Crippen molar-refractivity contribution in [3.8, 4) is 11.8 Å². The lowest BCUT2D eigenvalue weighted by Gasteiger charge is -2.07. The van der Waals surface area contributed by atoms with Gasteiger partial charge in [-0.25, -0.2) is 0 Å². The van der Waals surface area contributed by atoms with Crippen LogP contribution in [0.2, 0.25) is 5.02 Å². The largest absolute Gasteiger partial charge is 0.496 e. The summed E-state index contributed by atoms with van der Waals surface area (Å²) in [6, 6.07) is 5.39. The fourth-order valence-electron chi connectivity index (χ4n) is 1.03. The molecule has 2 nitrogen and oxygen atoms in total. The van der Waals surface area contributed by atoms with Crippen LogP contribution in [0.3, 0.4) is 0 Å². The van der Waals surface area contributed by atoms with Crippen molar-refractivity contribution in [2.45, 2.75) is 5.33 Å². The van der Waals surface area contributed by atoms with Gasteiger partial charge < -0.3 is 4.74 Å². The van der Waals surface area contributed by atoms with Crippen LogP contribution in [0.4, 0.5) is 0 Å². The van der Waals surface area contributed by atoms with Gasteiger partial charge in [0.2, 0.25) is 0 Å². The van der Waals surface area contributed by atoms with Gasteiger partial charge >= 0.3 is 0 Å². The summed E-state index contributed by atoms with van der Waals surface area (Å²) in [5, 5.41) is 9.90. The number of benzene rings is 1. The molecule has 0 saturated heterocycles. The minimum Gasteiger partial charge on any atom is -0.496 e. The highest BCUT2D eigenvalue weighted by molar-refractivity contribution is 9.08. The standard InChI is InChI=1S/C9H7BrClNO/c1-13-9-3-7(11)2-6(5-12)8(9)4-10/h2-3H,4H2,1H3. The Morgan fingerprint density at radius 1 is 1.62 bits per heavy atom. The number of methoxy groups -OCH3 is 1. The van der Waals surface area contributed by atoms with Gasteiger partial charge in [-0.15, -0.1) is 0 Å². The Kier molecular flexibility index (Phi) is 3.58. The second kappa shape index (κ2) is 4.50. The van der Waals surface area contributed by atoms with Crippen LogP contribution in [-0.4, -0.2) is 7.11 Å². The topological polar surface area (TPSA) is 33.0 Å². The van der Waals surface area contributed by atoms with Gasteiger partial charge in [-0.2, -0.15) is 5.26 Å². The van der Waals surface area contributed by atoms with Gasteiger partial charge in [0.25, 0.3) is 0 Å². The van der Waals surface area contributed by atoms with Crippen molar-refractivity contribution in [2.24, 2.45) is 0 Å². The minimum atomic E-state index is 0.512. The molecule has 0 spiro atoms. The average Bonchev–Trinajstić information content (AvgIpc) is 2.16. The second-order valence-corrected chi connectivity index (χ2v) is 3.38. The molecule has 0 aliphatic rings. The van der Waals surface area contributed by atoms with E-state index in [1.807, 2.05) is 0 Å². The van der Waals surface area contributed by atoms with Gasteiger partial charge in [-0.05, 0) is 12.1 Å². The van der Waals surface area contributed by atoms with Crippen LogP contribution in [0.15, 0.2) is 12.1 Å². The molecule has 0 bridgehead atoms. The third-order valence-corrected chi connectivity index (χ3v) is 2.43. The van der Waals surface area contributed by atoms with Crippen molar-refractivity contribution < 1.29 is 4.74 Å². The highest BCUT2D eigenvalue weighted by Crippen LogP contribution is 2.28. The molecule has 68 valence electrons. The van der Waals surface area contributed by atoms with E-state index in [9.17, 15) is 0 Å². The van der Waals surface area contributed by atoms with E-state index in [0.717, 1.165) is 5.56 Å². The number of hydrogen-bond acceptors (Lipinski definition) is 2. The van der Waals surface area contributed by atoms with Crippen molar-refractivity contribution in [1.29, 1.82) is 5.26 Å². The lowest BCUT2D eigenvalue weighted by atomic mass is 10.1. The van der Waals surface area contributed by atoms with Crippen LogP contribution in [0.5, 0.6) is 5.75 Å². The van der Waals surface area contributed by atoms with Crippen molar-refractivity contribution >= 4 is 27.5 Å². The molecule has 0 N–H and O–H groups in total. The third-order valence-electron chi connectivity index (χ3n) is 1.65. The molecule has 0 aliphatic heterocycles. The van der Waals surface area contributed by atoms with Gasteiger partial charge in [0, 0.05) is 15.9 Å².